The number of hydrogen-bond acceptors (Lipinski definition) is 5. The van der Waals surface area contributed by atoms with Crippen LogP contribution in [0.2, 0.25) is 5.02 Å². The van der Waals surface area contributed by atoms with E-state index in [4.69, 9.17) is 11.6 Å². The van der Waals surface area contributed by atoms with Crippen LogP contribution in [0.5, 0.6) is 0 Å². The van der Waals surface area contributed by atoms with Gasteiger partial charge in [0.05, 0.1) is 22.2 Å². The molecule has 0 bridgehead atoms. The Morgan fingerprint density at radius 2 is 1.90 bits per heavy atom. The Bertz CT molecular complexity index is 1220. The zero-order valence-electron chi connectivity index (χ0n) is 16.0. The van der Waals surface area contributed by atoms with Crippen molar-refractivity contribution in [2.75, 3.05) is 15.9 Å². The summed E-state index contributed by atoms with van der Waals surface area (Å²) in [5.41, 5.74) is 1.62. The third-order valence-corrected chi connectivity index (χ3v) is 6.90. The highest BCUT2D eigenvalue weighted by molar-refractivity contribution is 7.92. The number of aryl methyl sites for hydroxylation is 1. The lowest BCUT2D eigenvalue weighted by Gasteiger charge is -2.30. The molecule has 0 aliphatic heterocycles. The van der Waals surface area contributed by atoms with Crippen LogP contribution in [0, 0.1) is 0 Å². The highest BCUT2D eigenvalue weighted by Gasteiger charge is 2.31. The molecule has 154 valence electrons. The molecule has 1 heterocycles. The number of hydrogen-bond donors (Lipinski definition) is 1. The average molecular weight is 454 g/mol. The number of carbonyl (C=O) groups is 1. The summed E-state index contributed by atoms with van der Waals surface area (Å²) in [5.74, 6) is -0.462. The van der Waals surface area contributed by atoms with Crippen molar-refractivity contribution in [3.05, 3.63) is 57.2 Å². The van der Waals surface area contributed by atoms with E-state index in [9.17, 15) is 18.0 Å². The van der Waals surface area contributed by atoms with Gasteiger partial charge in [0, 0.05) is 17.8 Å². The van der Waals surface area contributed by atoms with Crippen molar-refractivity contribution < 1.29 is 13.2 Å². The molecule has 3 aromatic rings. The fourth-order valence-electron chi connectivity index (χ4n) is 3.09. The van der Waals surface area contributed by atoms with Crippen LogP contribution >= 0.6 is 22.9 Å². The number of nitrogens with one attached hydrogen (secondary N) is 1. The van der Waals surface area contributed by atoms with Crippen LogP contribution in [0.25, 0.3) is 10.2 Å². The highest BCUT2D eigenvalue weighted by atomic mass is 35.5. The van der Waals surface area contributed by atoms with Crippen molar-refractivity contribution in [3.63, 3.8) is 0 Å². The number of amides is 1. The maximum absolute atomic E-state index is 13.0. The van der Waals surface area contributed by atoms with Crippen molar-refractivity contribution in [2.24, 2.45) is 7.05 Å². The molecule has 1 atom stereocenters. The van der Waals surface area contributed by atoms with Crippen molar-refractivity contribution in [2.45, 2.75) is 19.4 Å². The smallest absolute Gasteiger partial charge is 0.307 e. The summed E-state index contributed by atoms with van der Waals surface area (Å²) in [4.78, 5) is 24.7. The second-order valence-corrected chi connectivity index (χ2v) is 9.85. The van der Waals surface area contributed by atoms with Gasteiger partial charge in [-0.1, -0.05) is 29.9 Å². The lowest BCUT2D eigenvalue weighted by Crippen LogP contribution is -2.46. The molecule has 3 rings (SSSR count). The van der Waals surface area contributed by atoms with Gasteiger partial charge in [0.25, 0.3) is 0 Å². The quantitative estimate of drug-likeness (QED) is 0.619. The van der Waals surface area contributed by atoms with Gasteiger partial charge >= 0.3 is 4.87 Å². The Hall–Kier alpha value is -2.36. The van der Waals surface area contributed by atoms with Crippen molar-refractivity contribution >= 4 is 60.5 Å². The zero-order chi connectivity index (χ0) is 21.3. The van der Waals surface area contributed by atoms with E-state index in [1.54, 1.807) is 56.4 Å². The van der Waals surface area contributed by atoms with Crippen LogP contribution in [-0.4, -0.2) is 31.2 Å². The molecule has 2 aromatic carbocycles. The van der Waals surface area contributed by atoms with Crippen LogP contribution in [-0.2, 0) is 21.9 Å². The first kappa shape index (κ1) is 21.4. The Morgan fingerprint density at radius 3 is 2.48 bits per heavy atom. The summed E-state index contributed by atoms with van der Waals surface area (Å²) in [6.07, 6.45) is 1.33. The Kier molecular flexibility index (Phi) is 6.02. The van der Waals surface area contributed by atoms with Crippen molar-refractivity contribution in [1.82, 2.24) is 4.57 Å². The molecule has 0 saturated carbocycles. The molecule has 0 unspecified atom stereocenters. The molecule has 0 saturated heterocycles. The van der Waals surface area contributed by atoms with Gasteiger partial charge in [-0.3, -0.25) is 13.9 Å². The maximum atomic E-state index is 13.0. The molecule has 0 fully saturated rings. The molecule has 1 amide bonds. The van der Waals surface area contributed by atoms with Gasteiger partial charge in [0.15, 0.2) is 0 Å². The first-order valence-corrected chi connectivity index (χ1v) is 11.8. The van der Waals surface area contributed by atoms with E-state index in [1.807, 2.05) is 0 Å². The standard InChI is InChI=1S/C19H20ClN3O4S2/c1-4-15(23(29(3,26)27)14-8-5-12(20)6-9-14)18(24)21-13-7-10-16-17(11-13)28-19(25)22(16)2/h5-11,15H,4H2,1-3H3,(H,21,24)/t15-/m1/s1. The summed E-state index contributed by atoms with van der Waals surface area (Å²) in [5, 5.41) is 3.24. The highest BCUT2D eigenvalue weighted by Crippen LogP contribution is 2.26. The van der Waals surface area contributed by atoms with E-state index in [1.165, 1.54) is 4.57 Å². The minimum absolute atomic E-state index is 0.0964. The third-order valence-electron chi connectivity index (χ3n) is 4.47. The van der Waals surface area contributed by atoms with E-state index in [0.717, 1.165) is 32.1 Å². The molecule has 10 heteroatoms. The molecule has 29 heavy (non-hydrogen) atoms. The number of fused-ring (bicyclic) bond motifs is 1. The van der Waals surface area contributed by atoms with Gasteiger partial charge < -0.3 is 9.88 Å². The molecular formula is C19H20ClN3O4S2. The van der Waals surface area contributed by atoms with Crippen molar-refractivity contribution in [1.29, 1.82) is 0 Å². The minimum atomic E-state index is -3.73. The molecule has 0 spiro atoms. The normalized spacial score (nSPS) is 12.7. The Morgan fingerprint density at radius 1 is 1.24 bits per heavy atom. The molecule has 0 aliphatic carbocycles. The summed E-state index contributed by atoms with van der Waals surface area (Å²) in [6, 6.07) is 10.5. The van der Waals surface area contributed by atoms with E-state index < -0.39 is 22.0 Å². The number of rotatable bonds is 6. The van der Waals surface area contributed by atoms with E-state index >= 15 is 0 Å². The number of nitrogens with zero attached hydrogens (tertiary/aromatic N) is 2. The zero-order valence-corrected chi connectivity index (χ0v) is 18.4. The second kappa shape index (κ2) is 8.17. The van der Waals surface area contributed by atoms with Gasteiger partial charge in [-0.25, -0.2) is 8.42 Å². The van der Waals surface area contributed by atoms with E-state index in [0.29, 0.717) is 16.4 Å². The van der Waals surface area contributed by atoms with E-state index in [2.05, 4.69) is 5.32 Å². The lowest BCUT2D eigenvalue weighted by atomic mass is 10.1. The number of carbonyl (C=O) groups excluding carboxylic acids is 1. The molecule has 0 radical (unpaired) electrons. The topological polar surface area (TPSA) is 88.5 Å². The predicted octanol–water partition coefficient (Wildman–Crippen LogP) is 3.44. The number of aromatic nitrogens is 1. The fourth-order valence-corrected chi connectivity index (χ4v) is 5.34. The largest absolute Gasteiger partial charge is 0.324 e. The third kappa shape index (κ3) is 4.47. The summed E-state index contributed by atoms with van der Waals surface area (Å²) < 4.78 is 28.3. The predicted molar refractivity (Wildman–Crippen MR) is 119 cm³/mol. The molecule has 1 aromatic heterocycles. The molecule has 0 aliphatic rings. The fraction of sp³-hybridized carbons (Fsp3) is 0.263. The molecule has 7 nitrogen and oxygen atoms in total. The van der Waals surface area contributed by atoms with Crippen LogP contribution < -0.4 is 14.5 Å². The second-order valence-electron chi connectivity index (χ2n) is 6.56. The van der Waals surface area contributed by atoms with Gasteiger partial charge in [0.2, 0.25) is 15.9 Å². The Balaban J connectivity index is 1.93. The molecular weight excluding hydrogens is 434 g/mol. The minimum Gasteiger partial charge on any atom is -0.324 e. The summed E-state index contributed by atoms with van der Waals surface area (Å²) in [6.45, 7) is 1.74. The maximum Gasteiger partial charge on any atom is 0.307 e. The van der Waals surface area contributed by atoms with Crippen LogP contribution in [0.1, 0.15) is 13.3 Å². The first-order chi connectivity index (χ1) is 13.6. The first-order valence-electron chi connectivity index (χ1n) is 8.77. The van der Waals surface area contributed by atoms with Gasteiger partial charge in [0.1, 0.15) is 6.04 Å². The monoisotopic (exact) mass is 453 g/mol. The number of halogens is 1. The Labute approximate surface area is 177 Å². The number of thiazole rings is 1. The van der Waals surface area contributed by atoms with Gasteiger partial charge in [-0.05, 0) is 48.9 Å². The van der Waals surface area contributed by atoms with Gasteiger partial charge in [-0.15, -0.1) is 0 Å². The summed E-state index contributed by atoms with van der Waals surface area (Å²) >= 11 is 6.98. The van der Waals surface area contributed by atoms with Crippen LogP contribution in [0.3, 0.4) is 0 Å². The van der Waals surface area contributed by atoms with Gasteiger partial charge in [-0.2, -0.15) is 0 Å². The lowest BCUT2D eigenvalue weighted by molar-refractivity contribution is -0.117. The van der Waals surface area contributed by atoms with Crippen LogP contribution in [0.4, 0.5) is 11.4 Å². The van der Waals surface area contributed by atoms with E-state index in [-0.39, 0.29) is 11.3 Å². The summed E-state index contributed by atoms with van der Waals surface area (Å²) in [7, 11) is -2.05. The van der Waals surface area contributed by atoms with Crippen LogP contribution in [0.15, 0.2) is 47.3 Å². The van der Waals surface area contributed by atoms with Crippen molar-refractivity contribution in [3.8, 4) is 0 Å². The molecule has 1 N–H and O–H groups in total. The average Bonchev–Trinajstić information content (AvgIpc) is 2.93. The number of sulfonamides is 1. The number of benzene rings is 2. The number of anilines is 2. The SMILES string of the molecule is CC[C@H](C(=O)Nc1ccc2c(c1)sc(=O)n2C)N(c1ccc(Cl)cc1)S(C)(=O)=O.